The molecule has 1 aliphatic rings. The summed E-state index contributed by atoms with van der Waals surface area (Å²) in [6.45, 7) is 9.61. The number of hydrogen-bond donors (Lipinski definition) is 0. The van der Waals surface area contributed by atoms with Crippen molar-refractivity contribution in [2.75, 3.05) is 13.7 Å². The van der Waals surface area contributed by atoms with Crippen molar-refractivity contribution in [3.8, 4) is 0 Å². The summed E-state index contributed by atoms with van der Waals surface area (Å²) in [5.41, 5.74) is 0.394. The van der Waals surface area contributed by atoms with Crippen LogP contribution in [-0.2, 0) is 4.74 Å². The van der Waals surface area contributed by atoms with Crippen LogP contribution in [0.5, 0.6) is 0 Å². The van der Waals surface area contributed by atoms with Gasteiger partial charge in [0.25, 0.3) is 0 Å². The van der Waals surface area contributed by atoms with Gasteiger partial charge in [0, 0.05) is 11.6 Å². The number of nitrogens with zero attached hydrogens (tertiary/aromatic N) is 1. The van der Waals surface area contributed by atoms with Crippen LogP contribution in [0.1, 0.15) is 34.1 Å². The standard InChI is InChI=1S/C10H21NO/c1-8(2)12-7-9-6-10(3,4)11(9)5/h8-9H,6-7H2,1-5H3. The number of rotatable bonds is 3. The highest BCUT2D eigenvalue weighted by Crippen LogP contribution is 2.34. The first-order chi connectivity index (χ1) is 5.43. The number of likely N-dealkylation sites (N-methyl/N-ethyl adjacent to an activating group) is 1. The lowest BCUT2D eigenvalue weighted by molar-refractivity contribution is -0.0782. The fourth-order valence-electron chi connectivity index (χ4n) is 1.71. The molecular weight excluding hydrogens is 150 g/mol. The fourth-order valence-corrected chi connectivity index (χ4v) is 1.71. The van der Waals surface area contributed by atoms with E-state index in [0.29, 0.717) is 17.7 Å². The highest BCUT2D eigenvalue weighted by Gasteiger charge is 2.41. The molecule has 0 aromatic heterocycles. The van der Waals surface area contributed by atoms with Crippen LogP contribution in [0, 0.1) is 0 Å². The van der Waals surface area contributed by atoms with Gasteiger partial charge in [-0.05, 0) is 41.2 Å². The molecule has 0 N–H and O–H groups in total. The lowest BCUT2D eigenvalue weighted by Crippen LogP contribution is -2.62. The van der Waals surface area contributed by atoms with E-state index < -0.39 is 0 Å². The molecule has 1 unspecified atom stereocenters. The second-order valence-electron chi connectivity index (χ2n) is 4.66. The minimum Gasteiger partial charge on any atom is -0.377 e. The second kappa shape index (κ2) is 3.35. The molecule has 0 aromatic carbocycles. The van der Waals surface area contributed by atoms with Gasteiger partial charge in [0.1, 0.15) is 0 Å². The van der Waals surface area contributed by atoms with Crippen molar-refractivity contribution in [1.29, 1.82) is 0 Å². The van der Waals surface area contributed by atoms with Crippen LogP contribution in [-0.4, -0.2) is 36.2 Å². The predicted molar refractivity (Wildman–Crippen MR) is 51.3 cm³/mol. The van der Waals surface area contributed by atoms with E-state index in [9.17, 15) is 0 Å². The predicted octanol–water partition coefficient (Wildman–Crippen LogP) is 1.89. The minimum atomic E-state index is 0.363. The molecule has 12 heavy (non-hydrogen) atoms. The Morgan fingerprint density at radius 1 is 1.50 bits per heavy atom. The molecule has 0 radical (unpaired) electrons. The molecule has 0 aromatic rings. The Bertz CT molecular complexity index is 154. The lowest BCUT2D eigenvalue weighted by atomic mass is 9.83. The minimum absolute atomic E-state index is 0.363. The molecule has 1 saturated heterocycles. The molecular formula is C10H21NO. The van der Waals surface area contributed by atoms with Crippen molar-refractivity contribution >= 4 is 0 Å². The first kappa shape index (κ1) is 10.0. The summed E-state index contributed by atoms with van der Waals surface area (Å²) in [6, 6.07) is 0.641. The molecule has 1 rings (SSSR count). The summed E-state index contributed by atoms with van der Waals surface area (Å²) in [4.78, 5) is 2.40. The van der Waals surface area contributed by atoms with Crippen LogP contribution in [0.3, 0.4) is 0 Å². The maximum atomic E-state index is 5.57. The Kier molecular flexibility index (Phi) is 2.79. The van der Waals surface area contributed by atoms with Crippen molar-refractivity contribution in [1.82, 2.24) is 4.90 Å². The molecule has 2 nitrogen and oxygen atoms in total. The normalized spacial score (nSPS) is 29.0. The van der Waals surface area contributed by atoms with E-state index in [-0.39, 0.29) is 0 Å². The molecule has 1 fully saturated rings. The molecule has 0 amide bonds. The van der Waals surface area contributed by atoms with Gasteiger partial charge in [-0.1, -0.05) is 0 Å². The summed E-state index contributed by atoms with van der Waals surface area (Å²) in [5.74, 6) is 0. The van der Waals surface area contributed by atoms with Crippen LogP contribution in [0.15, 0.2) is 0 Å². The molecule has 1 aliphatic heterocycles. The molecule has 1 atom stereocenters. The van der Waals surface area contributed by atoms with E-state index in [1.165, 1.54) is 6.42 Å². The summed E-state index contributed by atoms with van der Waals surface area (Å²) in [5, 5.41) is 0. The molecule has 0 bridgehead atoms. The van der Waals surface area contributed by atoms with Crippen molar-refractivity contribution in [3.05, 3.63) is 0 Å². The van der Waals surface area contributed by atoms with Gasteiger partial charge in [0.2, 0.25) is 0 Å². The Hall–Kier alpha value is -0.0800. The lowest BCUT2D eigenvalue weighted by Gasteiger charge is -2.53. The summed E-state index contributed by atoms with van der Waals surface area (Å²) in [7, 11) is 2.18. The highest BCUT2D eigenvalue weighted by atomic mass is 16.5. The smallest absolute Gasteiger partial charge is 0.0626 e. The molecule has 0 saturated carbocycles. The van der Waals surface area contributed by atoms with Gasteiger partial charge in [-0.15, -0.1) is 0 Å². The van der Waals surface area contributed by atoms with Crippen LogP contribution in [0.2, 0.25) is 0 Å². The van der Waals surface area contributed by atoms with E-state index in [2.05, 4.69) is 39.6 Å². The second-order valence-corrected chi connectivity index (χ2v) is 4.66. The third kappa shape index (κ3) is 1.99. The van der Waals surface area contributed by atoms with E-state index in [1.807, 2.05) is 0 Å². The van der Waals surface area contributed by atoms with Crippen LogP contribution >= 0.6 is 0 Å². The zero-order valence-electron chi connectivity index (χ0n) is 8.92. The number of hydrogen-bond acceptors (Lipinski definition) is 2. The number of ether oxygens (including phenoxy) is 1. The van der Waals surface area contributed by atoms with Crippen LogP contribution in [0.25, 0.3) is 0 Å². The molecule has 0 spiro atoms. The third-order valence-electron chi connectivity index (χ3n) is 2.86. The van der Waals surface area contributed by atoms with E-state index >= 15 is 0 Å². The Morgan fingerprint density at radius 3 is 2.42 bits per heavy atom. The van der Waals surface area contributed by atoms with Gasteiger partial charge >= 0.3 is 0 Å². The quantitative estimate of drug-likeness (QED) is 0.643. The van der Waals surface area contributed by atoms with Gasteiger partial charge < -0.3 is 4.74 Å². The van der Waals surface area contributed by atoms with Gasteiger partial charge in [0.15, 0.2) is 0 Å². The first-order valence-electron chi connectivity index (χ1n) is 4.78. The third-order valence-corrected chi connectivity index (χ3v) is 2.86. The number of likely N-dealkylation sites (tertiary alicyclic amines) is 1. The molecule has 0 aliphatic carbocycles. The summed E-state index contributed by atoms with van der Waals surface area (Å²) < 4.78 is 5.57. The summed E-state index contributed by atoms with van der Waals surface area (Å²) in [6.07, 6.45) is 1.62. The Morgan fingerprint density at radius 2 is 2.08 bits per heavy atom. The van der Waals surface area contributed by atoms with Crippen LogP contribution in [0.4, 0.5) is 0 Å². The van der Waals surface area contributed by atoms with Gasteiger partial charge in [0.05, 0.1) is 12.7 Å². The largest absolute Gasteiger partial charge is 0.377 e. The van der Waals surface area contributed by atoms with E-state index in [0.717, 1.165) is 6.61 Å². The topological polar surface area (TPSA) is 12.5 Å². The van der Waals surface area contributed by atoms with Crippen molar-refractivity contribution in [3.63, 3.8) is 0 Å². The monoisotopic (exact) mass is 171 g/mol. The first-order valence-corrected chi connectivity index (χ1v) is 4.78. The average Bonchev–Trinajstić information content (AvgIpc) is 1.97. The Balaban J connectivity index is 2.22. The SMILES string of the molecule is CC(C)OCC1CC(C)(C)N1C. The molecule has 72 valence electrons. The molecule has 2 heteroatoms. The van der Waals surface area contributed by atoms with Crippen molar-refractivity contribution in [2.24, 2.45) is 0 Å². The van der Waals surface area contributed by atoms with E-state index in [1.54, 1.807) is 0 Å². The summed E-state index contributed by atoms with van der Waals surface area (Å²) >= 11 is 0. The zero-order valence-corrected chi connectivity index (χ0v) is 8.92. The maximum absolute atomic E-state index is 5.57. The Labute approximate surface area is 75.9 Å². The van der Waals surface area contributed by atoms with Gasteiger partial charge in [-0.2, -0.15) is 0 Å². The fraction of sp³-hybridized carbons (Fsp3) is 1.00. The van der Waals surface area contributed by atoms with Crippen molar-refractivity contribution in [2.45, 2.75) is 51.8 Å². The highest BCUT2D eigenvalue weighted by molar-refractivity contribution is 4.97. The molecule has 1 heterocycles. The zero-order chi connectivity index (χ0) is 9.35. The average molecular weight is 171 g/mol. The maximum Gasteiger partial charge on any atom is 0.0626 e. The van der Waals surface area contributed by atoms with Crippen molar-refractivity contribution < 1.29 is 4.74 Å². The van der Waals surface area contributed by atoms with E-state index in [4.69, 9.17) is 4.74 Å². The van der Waals surface area contributed by atoms with Crippen LogP contribution < -0.4 is 0 Å². The van der Waals surface area contributed by atoms with Gasteiger partial charge in [-0.3, -0.25) is 4.90 Å². The van der Waals surface area contributed by atoms with Gasteiger partial charge in [-0.25, -0.2) is 0 Å².